The number of ether oxygens (including phenoxy) is 1. The van der Waals surface area contributed by atoms with Gasteiger partial charge in [-0.2, -0.15) is 0 Å². The van der Waals surface area contributed by atoms with Gasteiger partial charge in [-0.1, -0.05) is 38.5 Å². The van der Waals surface area contributed by atoms with Crippen LogP contribution in [-0.2, 0) is 11.3 Å². The summed E-state index contributed by atoms with van der Waals surface area (Å²) in [5, 5.41) is 3.14. The molecule has 2 aliphatic carbocycles. The Balaban J connectivity index is 0.00000243. The molecule has 1 amide bonds. The molecule has 0 heterocycles. The van der Waals surface area contributed by atoms with Gasteiger partial charge in [-0.15, -0.1) is 12.4 Å². The van der Waals surface area contributed by atoms with Crippen LogP contribution in [0, 0.1) is 23.7 Å². The molecule has 5 heteroatoms. The number of fused-ring (bicyclic) bond motifs is 2. The van der Waals surface area contributed by atoms with Crippen LogP contribution in [-0.4, -0.2) is 18.6 Å². The molecule has 146 valence electrons. The zero-order chi connectivity index (χ0) is 17.8. The maximum absolute atomic E-state index is 12.7. The predicted octanol–water partition coefficient (Wildman–Crippen LogP) is 3.91. The van der Waals surface area contributed by atoms with E-state index >= 15 is 0 Å². The minimum Gasteiger partial charge on any atom is -0.493 e. The van der Waals surface area contributed by atoms with Gasteiger partial charge in [0.25, 0.3) is 0 Å². The molecular weight excluding hydrogens is 348 g/mol. The molecule has 3 N–H and O–H groups in total. The molecule has 1 aromatic carbocycles. The summed E-state index contributed by atoms with van der Waals surface area (Å²) in [7, 11) is 0. The fourth-order valence-corrected chi connectivity index (χ4v) is 4.38. The van der Waals surface area contributed by atoms with Gasteiger partial charge in [0.05, 0.1) is 6.61 Å². The third-order valence-corrected chi connectivity index (χ3v) is 5.78. The lowest BCUT2D eigenvalue weighted by Gasteiger charge is -2.43. The van der Waals surface area contributed by atoms with Crippen LogP contribution in [0.25, 0.3) is 0 Å². The standard InChI is InChI=1S/C21H32N2O2.ClH/c1-14(2)13-25-19-9-4-3-6-17(19)12-23-21(24)18-10-15-7-5-8-16(11-18)20(15)22;/h3-4,6,9,14-16,18,20H,5,7-8,10-13,22H2,1-2H3,(H,23,24);1H. The van der Waals surface area contributed by atoms with E-state index < -0.39 is 0 Å². The molecule has 0 radical (unpaired) electrons. The third-order valence-electron chi connectivity index (χ3n) is 5.78. The second kappa shape index (κ2) is 9.61. The molecule has 0 aliphatic heterocycles. The van der Waals surface area contributed by atoms with Crippen LogP contribution in [0.3, 0.4) is 0 Å². The van der Waals surface area contributed by atoms with Gasteiger partial charge in [-0.25, -0.2) is 0 Å². The van der Waals surface area contributed by atoms with Crippen molar-refractivity contribution in [1.29, 1.82) is 0 Å². The maximum atomic E-state index is 12.7. The molecule has 3 rings (SSSR count). The Kier molecular flexibility index (Phi) is 7.78. The SMILES string of the molecule is CC(C)COc1ccccc1CNC(=O)C1CC2CCCC(C1)C2N.Cl. The number of amides is 1. The van der Waals surface area contributed by atoms with Gasteiger partial charge in [-0.3, -0.25) is 4.79 Å². The van der Waals surface area contributed by atoms with Crippen molar-refractivity contribution >= 4 is 18.3 Å². The highest BCUT2D eigenvalue weighted by molar-refractivity contribution is 5.85. The minimum atomic E-state index is 0. The van der Waals surface area contributed by atoms with Crippen LogP contribution >= 0.6 is 12.4 Å². The average Bonchev–Trinajstić information content (AvgIpc) is 2.58. The number of halogens is 1. The Hall–Kier alpha value is -1.26. The molecule has 4 nitrogen and oxygen atoms in total. The van der Waals surface area contributed by atoms with Crippen molar-refractivity contribution in [3.8, 4) is 5.75 Å². The number of carbonyl (C=O) groups excluding carboxylic acids is 1. The highest BCUT2D eigenvalue weighted by atomic mass is 35.5. The van der Waals surface area contributed by atoms with E-state index in [1.54, 1.807) is 0 Å². The van der Waals surface area contributed by atoms with Crippen molar-refractivity contribution in [2.45, 2.75) is 58.5 Å². The van der Waals surface area contributed by atoms with E-state index in [1.165, 1.54) is 19.3 Å². The molecule has 26 heavy (non-hydrogen) atoms. The molecular formula is C21H33ClN2O2. The van der Waals surface area contributed by atoms with Crippen molar-refractivity contribution in [2.24, 2.45) is 29.4 Å². The lowest BCUT2D eigenvalue weighted by molar-refractivity contribution is -0.128. The summed E-state index contributed by atoms with van der Waals surface area (Å²) >= 11 is 0. The quantitative estimate of drug-likeness (QED) is 0.786. The normalized spacial score (nSPS) is 27.5. The van der Waals surface area contributed by atoms with Crippen LogP contribution in [0.5, 0.6) is 5.75 Å². The molecule has 2 unspecified atom stereocenters. The first kappa shape index (κ1) is 21.0. The molecule has 2 bridgehead atoms. The van der Waals surface area contributed by atoms with Gasteiger partial charge < -0.3 is 15.8 Å². The van der Waals surface area contributed by atoms with E-state index in [2.05, 4.69) is 19.2 Å². The topological polar surface area (TPSA) is 64.3 Å². The van der Waals surface area contributed by atoms with Crippen LogP contribution < -0.4 is 15.8 Å². The summed E-state index contributed by atoms with van der Waals surface area (Å²) in [6.07, 6.45) is 5.56. The third kappa shape index (κ3) is 5.14. The molecule has 2 atom stereocenters. The van der Waals surface area contributed by atoms with Crippen molar-refractivity contribution in [2.75, 3.05) is 6.61 Å². The summed E-state index contributed by atoms with van der Waals surface area (Å²) < 4.78 is 5.88. The molecule has 0 spiro atoms. The average molecular weight is 381 g/mol. The molecule has 0 aromatic heterocycles. The van der Waals surface area contributed by atoms with Gasteiger partial charge in [0.1, 0.15) is 5.75 Å². The Labute approximate surface area is 163 Å². The van der Waals surface area contributed by atoms with E-state index in [4.69, 9.17) is 10.5 Å². The molecule has 2 aliphatic rings. The molecule has 1 aromatic rings. The van der Waals surface area contributed by atoms with Gasteiger partial charge >= 0.3 is 0 Å². The number of carbonyl (C=O) groups is 1. The van der Waals surface area contributed by atoms with E-state index in [-0.39, 0.29) is 24.2 Å². The maximum Gasteiger partial charge on any atom is 0.223 e. The number of hydrogen-bond donors (Lipinski definition) is 2. The molecule has 2 fully saturated rings. The first-order valence-electron chi connectivity index (χ1n) is 9.78. The summed E-state index contributed by atoms with van der Waals surface area (Å²) in [4.78, 5) is 12.7. The zero-order valence-corrected chi connectivity index (χ0v) is 16.8. The van der Waals surface area contributed by atoms with Crippen LogP contribution in [0.15, 0.2) is 24.3 Å². The van der Waals surface area contributed by atoms with E-state index in [0.717, 1.165) is 24.2 Å². The fraction of sp³-hybridized carbons (Fsp3) is 0.667. The summed E-state index contributed by atoms with van der Waals surface area (Å²) in [6.45, 7) is 5.49. The number of hydrogen-bond acceptors (Lipinski definition) is 3. The lowest BCUT2D eigenvalue weighted by atomic mass is 9.65. The Morgan fingerprint density at radius 3 is 2.54 bits per heavy atom. The smallest absolute Gasteiger partial charge is 0.223 e. The highest BCUT2D eigenvalue weighted by Gasteiger charge is 2.40. The van der Waals surface area contributed by atoms with E-state index in [9.17, 15) is 4.79 Å². The summed E-state index contributed by atoms with van der Waals surface area (Å²) in [5.74, 6) is 2.73. The van der Waals surface area contributed by atoms with Crippen molar-refractivity contribution in [3.05, 3.63) is 29.8 Å². The number of nitrogens with one attached hydrogen (secondary N) is 1. The van der Waals surface area contributed by atoms with Gasteiger partial charge in [0.2, 0.25) is 5.91 Å². The Bertz CT molecular complexity index is 579. The summed E-state index contributed by atoms with van der Waals surface area (Å²) in [6, 6.07) is 8.29. The number of nitrogens with two attached hydrogens (primary N) is 1. The largest absolute Gasteiger partial charge is 0.493 e. The van der Waals surface area contributed by atoms with Crippen molar-refractivity contribution < 1.29 is 9.53 Å². The number of benzene rings is 1. The van der Waals surface area contributed by atoms with Crippen molar-refractivity contribution in [3.63, 3.8) is 0 Å². The second-order valence-corrected chi connectivity index (χ2v) is 8.23. The monoisotopic (exact) mass is 380 g/mol. The molecule has 2 saturated carbocycles. The van der Waals surface area contributed by atoms with Gasteiger partial charge in [0, 0.05) is 24.1 Å². The fourth-order valence-electron chi connectivity index (χ4n) is 4.38. The van der Waals surface area contributed by atoms with Crippen molar-refractivity contribution in [1.82, 2.24) is 5.32 Å². The Morgan fingerprint density at radius 1 is 1.23 bits per heavy atom. The lowest BCUT2D eigenvalue weighted by Crippen LogP contribution is -2.49. The number of rotatable bonds is 6. The zero-order valence-electron chi connectivity index (χ0n) is 15.9. The van der Waals surface area contributed by atoms with Crippen LogP contribution in [0.2, 0.25) is 0 Å². The van der Waals surface area contributed by atoms with E-state index in [1.807, 2.05) is 24.3 Å². The highest BCUT2D eigenvalue weighted by Crippen LogP contribution is 2.41. The first-order valence-corrected chi connectivity index (χ1v) is 9.78. The Morgan fingerprint density at radius 2 is 1.88 bits per heavy atom. The predicted molar refractivity (Wildman–Crippen MR) is 107 cm³/mol. The summed E-state index contributed by atoms with van der Waals surface area (Å²) in [5.41, 5.74) is 7.39. The number of para-hydroxylation sites is 1. The van der Waals surface area contributed by atoms with Crippen LogP contribution in [0.1, 0.15) is 51.5 Å². The minimum absolute atomic E-state index is 0. The molecule has 0 saturated heterocycles. The second-order valence-electron chi connectivity index (χ2n) is 8.23. The van der Waals surface area contributed by atoms with E-state index in [0.29, 0.717) is 36.9 Å². The van der Waals surface area contributed by atoms with Gasteiger partial charge in [-0.05, 0) is 49.5 Å². The van der Waals surface area contributed by atoms with Gasteiger partial charge in [0.15, 0.2) is 0 Å². The first-order chi connectivity index (χ1) is 12.0. The van der Waals surface area contributed by atoms with Crippen LogP contribution in [0.4, 0.5) is 0 Å².